The minimum atomic E-state index is -0.711. The molecular formula is C17H19NaO3. The monoisotopic (exact) mass is 294 g/mol. The molecule has 0 spiro atoms. The van der Waals surface area contributed by atoms with Crippen LogP contribution in [0.4, 0.5) is 0 Å². The third-order valence-corrected chi connectivity index (χ3v) is 3.42. The van der Waals surface area contributed by atoms with Gasteiger partial charge in [0.1, 0.15) is 0 Å². The number of rotatable bonds is 5. The van der Waals surface area contributed by atoms with E-state index in [0.29, 0.717) is 5.56 Å². The van der Waals surface area contributed by atoms with Crippen LogP contribution in [0.1, 0.15) is 48.6 Å². The Morgan fingerprint density at radius 2 is 1.76 bits per heavy atom. The molecule has 106 valence electrons. The molecule has 1 N–H and O–H groups in total. The standard InChI is InChI=1S/C17H18O3.Na.H/c1-2-8-14(13-9-4-3-5-10-13)15-11-6-7-12-16(15)17(18)20-19;;/h3-7,9-12,14,19H,2,8H2,1H3;;/q;+1;-1. The van der Waals surface area contributed by atoms with Gasteiger partial charge >= 0.3 is 35.5 Å². The van der Waals surface area contributed by atoms with Gasteiger partial charge in [-0.15, -0.1) is 0 Å². The van der Waals surface area contributed by atoms with E-state index in [2.05, 4.69) is 23.9 Å². The summed E-state index contributed by atoms with van der Waals surface area (Å²) in [6.07, 6.45) is 1.93. The van der Waals surface area contributed by atoms with Crippen LogP contribution >= 0.6 is 0 Å². The van der Waals surface area contributed by atoms with Crippen molar-refractivity contribution in [1.29, 1.82) is 0 Å². The Balaban J connectivity index is 0.00000220. The minimum absolute atomic E-state index is 0. The van der Waals surface area contributed by atoms with Gasteiger partial charge in [0, 0.05) is 5.92 Å². The quantitative estimate of drug-likeness (QED) is 0.514. The molecule has 0 saturated heterocycles. The van der Waals surface area contributed by atoms with Crippen LogP contribution in [-0.2, 0) is 4.89 Å². The molecule has 0 aliphatic carbocycles. The van der Waals surface area contributed by atoms with Crippen LogP contribution < -0.4 is 29.6 Å². The average Bonchev–Trinajstić information content (AvgIpc) is 2.53. The summed E-state index contributed by atoms with van der Waals surface area (Å²) < 4.78 is 0. The predicted molar refractivity (Wildman–Crippen MR) is 78.8 cm³/mol. The molecule has 0 aliphatic heterocycles. The largest absolute Gasteiger partial charge is 1.00 e. The molecule has 0 amide bonds. The maximum absolute atomic E-state index is 11.7. The van der Waals surface area contributed by atoms with E-state index in [4.69, 9.17) is 5.26 Å². The molecule has 0 radical (unpaired) electrons. The van der Waals surface area contributed by atoms with Gasteiger partial charge in [-0.3, -0.25) is 4.89 Å². The summed E-state index contributed by atoms with van der Waals surface area (Å²) in [5.74, 6) is -0.589. The molecule has 0 saturated carbocycles. The second-order valence-electron chi connectivity index (χ2n) is 4.72. The number of carbonyl (C=O) groups is 1. The molecule has 0 aromatic heterocycles. The first kappa shape index (κ1) is 17.9. The third kappa shape index (κ3) is 4.42. The first-order valence-corrected chi connectivity index (χ1v) is 6.77. The van der Waals surface area contributed by atoms with Gasteiger partial charge in [0.05, 0.1) is 5.56 Å². The predicted octanol–water partition coefficient (Wildman–Crippen LogP) is 1.36. The zero-order valence-electron chi connectivity index (χ0n) is 13.5. The molecule has 3 nitrogen and oxygen atoms in total. The molecule has 0 bridgehead atoms. The molecule has 4 heteroatoms. The van der Waals surface area contributed by atoms with E-state index >= 15 is 0 Å². The molecule has 21 heavy (non-hydrogen) atoms. The Morgan fingerprint density at radius 3 is 2.38 bits per heavy atom. The van der Waals surface area contributed by atoms with E-state index < -0.39 is 5.97 Å². The Bertz CT molecular complexity index is 575. The van der Waals surface area contributed by atoms with Gasteiger partial charge in [-0.05, 0) is 23.6 Å². The number of benzene rings is 2. The number of hydrogen-bond acceptors (Lipinski definition) is 3. The summed E-state index contributed by atoms with van der Waals surface area (Å²) in [5.41, 5.74) is 2.46. The Labute approximate surface area is 148 Å². The van der Waals surface area contributed by atoms with Crippen LogP contribution in [0.5, 0.6) is 0 Å². The molecule has 2 aromatic rings. The summed E-state index contributed by atoms with van der Waals surface area (Å²) >= 11 is 0. The number of hydrogen-bond donors (Lipinski definition) is 1. The molecule has 2 rings (SSSR count). The second kappa shape index (κ2) is 9.00. The number of carbonyl (C=O) groups excluding carboxylic acids is 1. The summed E-state index contributed by atoms with van der Waals surface area (Å²) in [4.78, 5) is 15.6. The topological polar surface area (TPSA) is 46.5 Å². The van der Waals surface area contributed by atoms with Crippen molar-refractivity contribution < 1.29 is 45.9 Å². The van der Waals surface area contributed by atoms with Crippen LogP contribution in [0, 0.1) is 0 Å². The van der Waals surface area contributed by atoms with E-state index in [1.54, 1.807) is 12.1 Å². The van der Waals surface area contributed by atoms with Gasteiger partial charge in [-0.2, -0.15) is 5.26 Å². The van der Waals surface area contributed by atoms with E-state index in [1.807, 2.05) is 30.3 Å². The van der Waals surface area contributed by atoms with Crippen molar-refractivity contribution in [2.75, 3.05) is 0 Å². The van der Waals surface area contributed by atoms with Crippen molar-refractivity contribution in [3.63, 3.8) is 0 Å². The maximum Gasteiger partial charge on any atom is 1.00 e. The van der Waals surface area contributed by atoms with Gasteiger partial charge in [0.25, 0.3) is 0 Å². The normalized spacial score (nSPS) is 11.3. The minimum Gasteiger partial charge on any atom is -1.00 e. The van der Waals surface area contributed by atoms with Gasteiger partial charge in [0.2, 0.25) is 0 Å². The summed E-state index contributed by atoms with van der Waals surface area (Å²) in [6, 6.07) is 17.3. The van der Waals surface area contributed by atoms with Crippen LogP contribution in [0.2, 0.25) is 0 Å². The Hall–Kier alpha value is -1.13. The van der Waals surface area contributed by atoms with Gasteiger partial charge in [0.15, 0.2) is 0 Å². The van der Waals surface area contributed by atoms with Gasteiger partial charge in [-0.25, -0.2) is 4.79 Å². The van der Waals surface area contributed by atoms with Crippen molar-refractivity contribution in [1.82, 2.24) is 0 Å². The maximum atomic E-state index is 11.7. The molecule has 1 unspecified atom stereocenters. The van der Waals surface area contributed by atoms with Crippen molar-refractivity contribution >= 4 is 5.97 Å². The summed E-state index contributed by atoms with van der Waals surface area (Å²) in [7, 11) is 0. The summed E-state index contributed by atoms with van der Waals surface area (Å²) in [6.45, 7) is 2.11. The van der Waals surface area contributed by atoms with Crippen molar-refractivity contribution in [2.45, 2.75) is 25.7 Å². The Kier molecular flexibility index (Phi) is 7.68. The van der Waals surface area contributed by atoms with Gasteiger partial charge in [-0.1, -0.05) is 61.9 Å². The second-order valence-corrected chi connectivity index (χ2v) is 4.72. The van der Waals surface area contributed by atoms with E-state index in [-0.39, 0.29) is 36.9 Å². The molecular weight excluding hydrogens is 275 g/mol. The zero-order chi connectivity index (χ0) is 14.4. The molecule has 1 atom stereocenters. The van der Waals surface area contributed by atoms with Crippen LogP contribution in [0.15, 0.2) is 54.6 Å². The fourth-order valence-electron chi connectivity index (χ4n) is 2.51. The fraction of sp³-hybridized carbons (Fsp3) is 0.235. The summed E-state index contributed by atoms with van der Waals surface area (Å²) in [5, 5.41) is 8.65. The molecule has 0 fully saturated rings. The van der Waals surface area contributed by atoms with E-state index in [9.17, 15) is 4.79 Å². The zero-order valence-corrected chi connectivity index (χ0v) is 14.5. The first-order chi connectivity index (χ1) is 9.77. The van der Waals surface area contributed by atoms with Crippen LogP contribution in [-0.4, -0.2) is 11.2 Å². The fourth-order valence-corrected chi connectivity index (χ4v) is 2.51. The molecule has 0 heterocycles. The van der Waals surface area contributed by atoms with E-state index in [1.165, 1.54) is 0 Å². The van der Waals surface area contributed by atoms with Gasteiger partial charge < -0.3 is 1.43 Å². The molecule has 2 aromatic carbocycles. The molecule has 0 aliphatic rings. The average molecular weight is 294 g/mol. The van der Waals surface area contributed by atoms with Crippen LogP contribution in [0.3, 0.4) is 0 Å². The van der Waals surface area contributed by atoms with Crippen molar-refractivity contribution in [2.24, 2.45) is 0 Å². The Morgan fingerprint density at radius 1 is 1.14 bits per heavy atom. The first-order valence-electron chi connectivity index (χ1n) is 6.77. The van der Waals surface area contributed by atoms with E-state index in [0.717, 1.165) is 24.0 Å². The third-order valence-electron chi connectivity index (χ3n) is 3.42. The SMILES string of the molecule is CCCC(c1ccccc1)c1ccccc1C(=O)OO.[H-].[Na+]. The van der Waals surface area contributed by atoms with Crippen molar-refractivity contribution in [3.05, 3.63) is 71.3 Å². The smallest absolute Gasteiger partial charge is 1.00 e. The van der Waals surface area contributed by atoms with Crippen molar-refractivity contribution in [3.8, 4) is 0 Å². The van der Waals surface area contributed by atoms with Crippen LogP contribution in [0.25, 0.3) is 0 Å².